The van der Waals surface area contributed by atoms with E-state index in [9.17, 15) is 8.60 Å². The van der Waals surface area contributed by atoms with Gasteiger partial charge in [-0.3, -0.25) is 4.21 Å². The molecule has 0 saturated carbocycles. The van der Waals surface area contributed by atoms with Gasteiger partial charge in [0.25, 0.3) is 0 Å². The Morgan fingerprint density at radius 3 is 2.81 bits per heavy atom. The van der Waals surface area contributed by atoms with Gasteiger partial charge in [-0.15, -0.1) is 0 Å². The lowest BCUT2D eigenvalue weighted by Gasteiger charge is -2.09. The highest BCUT2D eigenvalue weighted by molar-refractivity contribution is 7.84. The summed E-state index contributed by atoms with van der Waals surface area (Å²) in [5.41, 5.74) is 6.17. The van der Waals surface area contributed by atoms with E-state index >= 15 is 0 Å². The maximum atomic E-state index is 12.8. The van der Waals surface area contributed by atoms with Crippen LogP contribution in [0.5, 0.6) is 0 Å². The first-order valence-corrected chi connectivity index (χ1v) is 6.88. The summed E-state index contributed by atoms with van der Waals surface area (Å²) >= 11 is 5.84. The first-order chi connectivity index (χ1) is 7.52. The van der Waals surface area contributed by atoms with Crippen molar-refractivity contribution in [3.8, 4) is 0 Å². The molecule has 0 aromatic heterocycles. The monoisotopic (exact) mass is 263 g/mol. The molecule has 0 bridgehead atoms. The maximum absolute atomic E-state index is 12.8. The molecule has 0 spiro atoms. The third-order valence-electron chi connectivity index (χ3n) is 2.20. The van der Waals surface area contributed by atoms with Gasteiger partial charge < -0.3 is 5.73 Å². The van der Waals surface area contributed by atoms with Crippen LogP contribution in [0.15, 0.2) is 18.2 Å². The van der Waals surface area contributed by atoms with Crippen molar-refractivity contribution in [3.63, 3.8) is 0 Å². The van der Waals surface area contributed by atoms with Crippen molar-refractivity contribution in [2.45, 2.75) is 12.7 Å². The van der Waals surface area contributed by atoms with Crippen molar-refractivity contribution in [1.29, 1.82) is 0 Å². The molecule has 0 aliphatic rings. The molecular weight excluding hydrogens is 249 g/mol. The molecule has 0 amide bonds. The molecule has 2 unspecified atom stereocenters. The zero-order valence-corrected chi connectivity index (χ0v) is 10.7. The zero-order valence-electron chi connectivity index (χ0n) is 9.08. The van der Waals surface area contributed by atoms with Crippen LogP contribution in [0.25, 0.3) is 0 Å². The third kappa shape index (κ3) is 4.20. The minimum Gasteiger partial charge on any atom is -0.330 e. The molecule has 1 rings (SSSR count). The Morgan fingerprint density at radius 2 is 2.25 bits per heavy atom. The van der Waals surface area contributed by atoms with E-state index in [0.717, 1.165) is 0 Å². The molecule has 90 valence electrons. The van der Waals surface area contributed by atoms with Gasteiger partial charge in [-0.2, -0.15) is 0 Å². The van der Waals surface area contributed by atoms with E-state index in [0.29, 0.717) is 28.6 Å². The van der Waals surface area contributed by atoms with Gasteiger partial charge in [-0.25, -0.2) is 4.39 Å². The number of halogens is 2. The zero-order chi connectivity index (χ0) is 12.1. The Bertz CT molecular complexity index is 386. The van der Waals surface area contributed by atoms with Gasteiger partial charge in [-0.05, 0) is 30.2 Å². The summed E-state index contributed by atoms with van der Waals surface area (Å²) in [4.78, 5) is 0. The van der Waals surface area contributed by atoms with E-state index in [-0.39, 0.29) is 11.7 Å². The fourth-order valence-electron chi connectivity index (χ4n) is 1.26. The van der Waals surface area contributed by atoms with Crippen LogP contribution in [-0.2, 0) is 16.6 Å². The lowest BCUT2D eigenvalue weighted by atomic mass is 10.2. The summed E-state index contributed by atoms with van der Waals surface area (Å²) in [6.45, 7) is 2.47. The SMILES string of the molecule is CC(CN)CS(=O)Cc1ccc(F)cc1Cl. The summed E-state index contributed by atoms with van der Waals surface area (Å²) in [7, 11) is -1.00. The highest BCUT2D eigenvalue weighted by Gasteiger charge is 2.09. The molecule has 1 aromatic rings. The number of nitrogens with two attached hydrogens (primary N) is 1. The van der Waals surface area contributed by atoms with E-state index in [4.69, 9.17) is 17.3 Å². The van der Waals surface area contributed by atoms with Gasteiger partial charge in [0.05, 0.1) is 5.75 Å². The Balaban J connectivity index is 2.63. The van der Waals surface area contributed by atoms with Crippen LogP contribution >= 0.6 is 11.6 Å². The standard InChI is InChI=1S/C11H15ClFNOS/c1-8(5-14)6-16(15)7-9-2-3-10(13)4-11(9)12/h2-4,8H,5-7,14H2,1H3. The van der Waals surface area contributed by atoms with Crippen LogP contribution in [0, 0.1) is 11.7 Å². The van der Waals surface area contributed by atoms with Crippen molar-refractivity contribution in [1.82, 2.24) is 0 Å². The fourth-order valence-corrected chi connectivity index (χ4v) is 3.06. The predicted molar refractivity (Wildman–Crippen MR) is 66.3 cm³/mol. The average Bonchev–Trinajstić information content (AvgIpc) is 2.22. The number of benzene rings is 1. The molecular formula is C11H15ClFNOS. The Labute approximate surface area is 102 Å². The van der Waals surface area contributed by atoms with Gasteiger partial charge in [-0.1, -0.05) is 24.6 Å². The van der Waals surface area contributed by atoms with Gasteiger partial charge in [0.2, 0.25) is 0 Å². The molecule has 1 aromatic carbocycles. The molecule has 2 N–H and O–H groups in total. The van der Waals surface area contributed by atoms with Crippen LogP contribution in [0.2, 0.25) is 5.02 Å². The lowest BCUT2D eigenvalue weighted by molar-refractivity contribution is 0.627. The minimum absolute atomic E-state index is 0.222. The molecule has 5 heteroatoms. The van der Waals surface area contributed by atoms with Crippen molar-refractivity contribution >= 4 is 22.4 Å². The predicted octanol–water partition coefficient (Wildman–Crippen LogP) is 2.32. The van der Waals surface area contributed by atoms with Crippen molar-refractivity contribution in [2.24, 2.45) is 11.7 Å². The Morgan fingerprint density at radius 1 is 1.56 bits per heavy atom. The van der Waals surface area contributed by atoms with Crippen LogP contribution in [0.4, 0.5) is 4.39 Å². The molecule has 16 heavy (non-hydrogen) atoms. The minimum atomic E-state index is -1.00. The van der Waals surface area contributed by atoms with Crippen LogP contribution < -0.4 is 5.73 Å². The summed E-state index contributed by atoms with van der Waals surface area (Å²) in [6, 6.07) is 4.13. The fraction of sp³-hybridized carbons (Fsp3) is 0.455. The van der Waals surface area contributed by atoms with E-state index in [1.165, 1.54) is 12.1 Å². The van der Waals surface area contributed by atoms with Gasteiger partial charge in [0.1, 0.15) is 5.82 Å². The van der Waals surface area contributed by atoms with Crippen molar-refractivity contribution in [3.05, 3.63) is 34.6 Å². The smallest absolute Gasteiger partial charge is 0.124 e. The van der Waals surface area contributed by atoms with Crippen molar-refractivity contribution in [2.75, 3.05) is 12.3 Å². The Kier molecular flexibility index (Phi) is 5.38. The summed E-state index contributed by atoms with van der Waals surface area (Å²) in [5.74, 6) is 0.739. The molecule has 0 fully saturated rings. The lowest BCUT2D eigenvalue weighted by Crippen LogP contribution is -2.18. The van der Waals surface area contributed by atoms with Gasteiger partial charge in [0.15, 0.2) is 0 Å². The average molecular weight is 264 g/mol. The van der Waals surface area contributed by atoms with Crippen molar-refractivity contribution < 1.29 is 8.60 Å². The van der Waals surface area contributed by atoms with Gasteiger partial charge in [0, 0.05) is 21.6 Å². The number of hydrogen-bond acceptors (Lipinski definition) is 2. The van der Waals surface area contributed by atoms with Gasteiger partial charge >= 0.3 is 0 Å². The van der Waals surface area contributed by atoms with E-state index in [2.05, 4.69) is 0 Å². The van der Waals surface area contributed by atoms with Crippen LogP contribution in [-0.4, -0.2) is 16.5 Å². The van der Waals surface area contributed by atoms with Crippen LogP contribution in [0.3, 0.4) is 0 Å². The highest BCUT2D eigenvalue weighted by Crippen LogP contribution is 2.19. The van der Waals surface area contributed by atoms with Crippen LogP contribution in [0.1, 0.15) is 12.5 Å². The highest BCUT2D eigenvalue weighted by atomic mass is 35.5. The molecule has 0 saturated heterocycles. The molecule has 2 nitrogen and oxygen atoms in total. The topological polar surface area (TPSA) is 43.1 Å². The molecule has 0 radical (unpaired) electrons. The van der Waals surface area contributed by atoms with E-state index in [1.807, 2.05) is 6.92 Å². The second-order valence-corrected chi connectivity index (χ2v) is 5.74. The summed E-state index contributed by atoms with van der Waals surface area (Å²) in [5, 5.41) is 0.328. The summed E-state index contributed by atoms with van der Waals surface area (Å²) in [6.07, 6.45) is 0. The third-order valence-corrected chi connectivity index (χ3v) is 4.13. The second kappa shape index (κ2) is 6.33. The number of hydrogen-bond donors (Lipinski definition) is 1. The molecule has 2 atom stereocenters. The quantitative estimate of drug-likeness (QED) is 0.886. The normalized spacial score (nSPS) is 14.8. The molecule has 0 aliphatic heterocycles. The first-order valence-electron chi connectivity index (χ1n) is 5.02. The van der Waals surface area contributed by atoms with E-state index < -0.39 is 10.8 Å². The summed E-state index contributed by atoms with van der Waals surface area (Å²) < 4.78 is 24.5. The maximum Gasteiger partial charge on any atom is 0.124 e. The second-order valence-electron chi connectivity index (χ2n) is 3.83. The Hall–Kier alpha value is -0.450. The number of rotatable bonds is 5. The largest absolute Gasteiger partial charge is 0.330 e. The molecule has 0 aliphatic carbocycles. The van der Waals surface area contributed by atoms with E-state index in [1.54, 1.807) is 6.07 Å². The first kappa shape index (κ1) is 13.6. The molecule has 0 heterocycles.